The van der Waals surface area contributed by atoms with Crippen LogP contribution in [0.5, 0.6) is 0 Å². The van der Waals surface area contributed by atoms with E-state index in [0.717, 1.165) is 94.1 Å². The molecule has 0 fully saturated rings. The van der Waals surface area contributed by atoms with Crippen molar-refractivity contribution >= 4 is 137 Å². The van der Waals surface area contributed by atoms with Crippen molar-refractivity contribution in [2.24, 2.45) is 5.92 Å². The lowest BCUT2D eigenvalue weighted by Crippen LogP contribution is -2.55. The van der Waals surface area contributed by atoms with Crippen LogP contribution in [0, 0.1) is 5.92 Å². The minimum atomic E-state index is -2.04. The molecule has 1 aliphatic rings. The molecule has 470 valence electrons. The molecule has 2 atom stereocenters. The van der Waals surface area contributed by atoms with Gasteiger partial charge in [0.05, 0.1) is 17.1 Å². The Bertz CT molecular complexity index is 4250. The Labute approximate surface area is 546 Å². The number of aliphatic carboxylic acids is 1. The van der Waals surface area contributed by atoms with E-state index in [4.69, 9.17) is 0 Å². The first-order chi connectivity index (χ1) is 43.8. The number of nitrogens with zero attached hydrogens (tertiary/aromatic N) is 2. The van der Waals surface area contributed by atoms with Gasteiger partial charge in [-0.05, 0) is 180 Å². The smallest absolute Gasteiger partial charge is 0.336 e. The molecule has 2 amide bonds. The van der Waals surface area contributed by atoms with Crippen LogP contribution in [0.3, 0.4) is 0 Å². The highest BCUT2D eigenvalue weighted by Gasteiger charge is 2.56. The molecule has 4 N–H and O–H groups in total. The number of carbonyl (C=O) groups excluding carboxylic acids is 2. The van der Waals surface area contributed by atoms with Crippen LogP contribution in [0.2, 0.25) is 0 Å². The SMILES string of the molecule is CCCCCCc1ccc2c(c1)c1cc(CCCCCC)ccc1n2CCCNC(=O)C1C(C(=O)O)=c2c(C(=O)O)ccc3c2c(c2cccc4ccc(Br)c3c42)C1(Br)C(=O)NCCCn1c2ccc(CCCCCC)cc2c2cc(CCCCCC)ccc21. The largest absolute Gasteiger partial charge is 0.478 e. The summed E-state index contributed by atoms with van der Waals surface area (Å²) in [4.78, 5) is 59.5. The van der Waals surface area contributed by atoms with Crippen molar-refractivity contribution in [3.05, 3.63) is 158 Å². The fraction of sp³-hybridized carbons (Fsp3) is 0.410. The van der Waals surface area contributed by atoms with Crippen LogP contribution < -0.4 is 15.9 Å². The zero-order valence-electron chi connectivity index (χ0n) is 53.1. The molecule has 2 heterocycles. The summed E-state index contributed by atoms with van der Waals surface area (Å²) in [6.07, 6.45) is 24.2. The van der Waals surface area contributed by atoms with Gasteiger partial charge >= 0.3 is 11.9 Å². The van der Waals surface area contributed by atoms with E-state index in [-0.39, 0.29) is 23.9 Å². The van der Waals surface area contributed by atoms with Crippen molar-refractivity contribution in [1.29, 1.82) is 0 Å². The van der Waals surface area contributed by atoms with Gasteiger partial charge in [0.1, 0.15) is 4.32 Å². The zero-order chi connectivity index (χ0) is 63.1. The number of carboxylic acid groups (broad SMARTS) is 2. The van der Waals surface area contributed by atoms with E-state index in [9.17, 15) is 19.8 Å². The molecule has 2 aromatic heterocycles. The Morgan fingerprint density at radius 3 is 1.36 bits per heavy atom. The van der Waals surface area contributed by atoms with Crippen LogP contribution in [-0.4, -0.2) is 56.2 Å². The molecule has 0 radical (unpaired) electrons. The maximum Gasteiger partial charge on any atom is 0.336 e. The molecule has 0 aliphatic heterocycles. The summed E-state index contributed by atoms with van der Waals surface area (Å²) >= 11 is 7.82. The number of amides is 2. The van der Waals surface area contributed by atoms with E-state index >= 15 is 9.59 Å². The van der Waals surface area contributed by atoms with Gasteiger partial charge in [0, 0.05) is 84.9 Å². The molecule has 0 saturated heterocycles. The highest BCUT2D eigenvalue weighted by molar-refractivity contribution is 9.10. The molecular weight excluding hydrogens is 1250 g/mol. The van der Waals surface area contributed by atoms with E-state index in [1.54, 1.807) is 6.07 Å². The van der Waals surface area contributed by atoms with E-state index in [0.29, 0.717) is 47.7 Å². The highest BCUT2D eigenvalue weighted by atomic mass is 79.9. The number of aromatic nitrogens is 2. The molecule has 0 bridgehead atoms. The first-order valence-electron chi connectivity index (χ1n) is 33.8. The first-order valence-corrected chi connectivity index (χ1v) is 35.3. The van der Waals surface area contributed by atoms with Gasteiger partial charge in [0.15, 0.2) is 0 Å². The summed E-state index contributed by atoms with van der Waals surface area (Å²) in [7, 11) is 0. The number of unbranched alkanes of at least 4 members (excludes halogenated alkanes) is 12. The monoisotopic (exact) mass is 1330 g/mol. The minimum Gasteiger partial charge on any atom is -0.478 e. The molecule has 8 aromatic carbocycles. The number of hydrogen-bond acceptors (Lipinski definition) is 4. The number of hydrogen-bond donors (Lipinski definition) is 4. The Hall–Kier alpha value is -7.02. The number of nitrogens with one attached hydrogen (secondary N) is 2. The van der Waals surface area contributed by atoms with E-state index in [2.05, 4.69) is 152 Å². The van der Waals surface area contributed by atoms with Gasteiger partial charge in [0.2, 0.25) is 11.8 Å². The number of aryl methyl sites for hydroxylation is 6. The van der Waals surface area contributed by atoms with Gasteiger partial charge in [0.25, 0.3) is 0 Å². The van der Waals surface area contributed by atoms with E-state index < -0.39 is 39.6 Å². The Morgan fingerprint density at radius 1 is 0.467 bits per heavy atom. The molecule has 11 rings (SSSR count). The van der Waals surface area contributed by atoms with Crippen molar-refractivity contribution in [3.63, 3.8) is 0 Å². The number of aromatic carboxylic acids is 1. The highest BCUT2D eigenvalue weighted by Crippen LogP contribution is 2.53. The molecule has 0 spiro atoms. The minimum absolute atomic E-state index is 0.0803. The first kappa shape index (κ1) is 64.5. The van der Waals surface area contributed by atoms with Gasteiger partial charge in [-0.15, -0.1) is 0 Å². The van der Waals surface area contributed by atoms with E-state index in [1.165, 1.54) is 127 Å². The van der Waals surface area contributed by atoms with Gasteiger partial charge in [-0.3, -0.25) is 9.59 Å². The number of fused-ring (bicyclic) bond motifs is 8. The molecule has 2 unspecified atom stereocenters. The summed E-state index contributed by atoms with van der Waals surface area (Å²) in [6, 6.07) is 40.3. The van der Waals surface area contributed by atoms with Crippen LogP contribution in [0.4, 0.5) is 0 Å². The molecule has 10 aromatic rings. The predicted molar refractivity (Wildman–Crippen MR) is 380 cm³/mol. The van der Waals surface area contributed by atoms with Crippen LogP contribution in [0.25, 0.3) is 81.5 Å². The molecule has 10 nitrogen and oxygen atoms in total. The summed E-state index contributed by atoms with van der Waals surface area (Å²) in [5.41, 5.74) is 9.46. The molecule has 0 saturated carbocycles. The second-order valence-corrected chi connectivity index (χ2v) is 27.6. The topological polar surface area (TPSA) is 143 Å². The fourth-order valence-electron chi connectivity index (χ4n) is 14.8. The Morgan fingerprint density at radius 2 is 0.922 bits per heavy atom. The number of carboxylic acids is 2. The summed E-state index contributed by atoms with van der Waals surface area (Å²) in [5, 5.41) is 37.7. The number of benzene rings is 8. The van der Waals surface area contributed by atoms with Crippen LogP contribution in [-0.2, 0) is 57.5 Å². The average molecular weight is 1340 g/mol. The lowest BCUT2D eigenvalue weighted by Gasteiger charge is -2.39. The van der Waals surface area contributed by atoms with Gasteiger partial charge < -0.3 is 30.0 Å². The number of alkyl halides is 1. The number of halogens is 2. The van der Waals surface area contributed by atoms with Crippen molar-refractivity contribution in [1.82, 2.24) is 19.8 Å². The standard InChI is InChI=1S/C78H88Br2N4O6/c1-5-9-13-17-24-50-30-38-63-58(46-50)59-47-51(25-18-14-10-6-2)31-39-64(59)83(63)44-22-42-81-74(85)73-71(76(88)89)69-57(75(86)87)36-35-55-68-62(79)37-34-54-28-21-29-56(67(54)68)72(70(55)69)78(73,80)77(90)82-43-23-45-84-65-40-32-52(26-19-15-11-7-3)48-60(65)61-49-53(33-41-66(61)84)27-20-16-12-8-4/h21,28-41,46-49,73H,5-20,22-27,42-45H2,1-4H3,(H,81,85)(H,82,90)(H,86,87)(H,88,89). The number of rotatable bonds is 32. The quantitative estimate of drug-likeness (QED) is 0.0143. The lowest BCUT2D eigenvalue weighted by molar-refractivity contribution is -0.135. The average Bonchev–Trinajstić information content (AvgIpc) is 0.952. The van der Waals surface area contributed by atoms with Crippen LogP contribution in [0.15, 0.2) is 120 Å². The number of carbonyl (C=O) groups is 4. The molecule has 90 heavy (non-hydrogen) atoms. The van der Waals surface area contributed by atoms with Crippen LogP contribution >= 0.6 is 31.9 Å². The fourth-order valence-corrected chi connectivity index (χ4v) is 16.3. The predicted octanol–water partition coefficient (Wildman–Crippen LogP) is 18.9. The maximum atomic E-state index is 16.0. The molecule has 1 aliphatic carbocycles. The lowest BCUT2D eigenvalue weighted by atomic mass is 9.69. The summed E-state index contributed by atoms with van der Waals surface area (Å²) < 4.78 is 3.37. The third-order valence-corrected chi connectivity index (χ3v) is 21.2. The van der Waals surface area contributed by atoms with Gasteiger partial charge in [-0.1, -0.05) is 191 Å². The van der Waals surface area contributed by atoms with Crippen molar-refractivity contribution in [2.45, 2.75) is 186 Å². The van der Waals surface area contributed by atoms with Crippen molar-refractivity contribution < 1.29 is 29.4 Å². The third kappa shape index (κ3) is 12.8. The maximum absolute atomic E-state index is 16.0. The second kappa shape index (κ2) is 29.1. The van der Waals surface area contributed by atoms with Crippen molar-refractivity contribution in [3.8, 4) is 0 Å². The normalized spacial score (nSPS) is 15.0. The summed E-state index contributed by atoms with van der Waals surface area (Å²) in [6.45, 7) is 10.4. The summed E-state index contributed by atoms with van der Waals surface area (Å²) in [5.74, 6) is -5.85. The van der Waals surface area contributed by atoms with Gasteiger partial charge in [-0.25, -0.2) is 9.59 Å². The second-order valence-electron chi connectivity index (χ2n) is 25.5. The van der Waals surface area contributed by atoms with E-state index in [1.807, 2.05) is 30.3 Å². The molecule has 12 heteroatoms. The zero-order valence-corrected chi connectivity index (χ0v) is 56.3. The Kier molecular flexibility index (Phi) is 20.8. The van der Waals surface area contributed by atoms with Crippen LogP contribution in [0.1, 0.15) is 181 Å². The molecular formula is C78H88Br2N4O6. The van der Waals surface area contributed by atoms with Crippen molar-refractivity contribution in [2.75, 3.05) is 13.1 Å². The Balaban J connectivity index is 0.942. The van der Waals surface area contributed by atoms with Gasteiger partial charge in [-0.2, -0.15) is 0 Å². The third-order valence-electron chi connectivity index (χ3n) is 19.3.